The molecule has 0 aliphatic rings. The number of hydrogen-bond donors (Lipinski definition) is 4. The molecule has 1 aromatic rings. The number of aliphatic hydroxyl groups is 2. The highest BCUT2D eigenvalue weighted by Crippen LogP contribution is 1.94. The van der Waals surface area contributed by atoms with Crippen LogP contribution in [-0.2, 0) is 4.79 Å². The highest BCUT2D eigenvalue weighted by atomic mass is 16.3. The van der Waals surface area contributed by atoms with Crippen LogP contribution in [0.3, 0.4) is 0 Å². The summed E-state index contributed by atoms with van der Waals surface area (Å²) in [4.78, 5) is 17.9. The molecule has 88 valence electrons. The van der Waals surface area contributed by atoms with E-state index in [0.717, 1.165) is 5.69 Å². The second kappa shape index (κ2) is 6.76. The van der Waals surface area contributed by atoms with Gasteiger partial charge in [0, 0.05) is 31.8 Å². The zero-order valence-electron chi connectivity index (χ0n) is 8.76. The SMILES string of the molecule is O=C(/C=C/c1cnc[nH]1)NCC(CO)CO. The minimum absolute atomic E-state index is 0.152. The van der Waals surface area contributed by atoms with Crippen LogP contribution in [0.15, 0.2) is 18.6 Å². The summed E-state index contributed by atoms with van der Waals surface area (Å²) >= 11 is 0. The van der Waals surface area contributed by atoms with Gasteiger partial charge in [0.25, 0.3) is 0 Å². The predicted molar refractivity (Wildman–Crippen MR) is 58.3 cm³/mol. The zero-order chi connectivity index (χ0) is 11.8. The number of nitrogens with one attached hydrogen (secondary N) is 2. The first-order valence-electron chi connectivity index (χ1n) is 4.92. The first kappa shape index (κ1) is 12.4. The molecule has 1 heterocycles. The van der Waals surface area contributed by atoms with E-state index in [-0.39, 0.29) is 31.6 Å². The number of carbonyl (C=O) groups is 1. The molecule has 0 atom stereocenters. The number of H-pyrrole nitrogens is 1. The van der Waals surface area contributed by atoms with Gasteiger partial charge >= 0.3 is 0 Å². The van der Waals surface area contributed by atoms with Crippen molar-refractivity contribution >= 4 is 12.0 Å². The maximum atomic E-state index is 11.3. The van der Waals surface area contributed by atoms with Crippen molar-refractivity contribution in [2.75, 3.05) is 19.8 Å². The Morgan fingerprint density at radius 2 is 2.31 bits per heavy atom. The molecule has 1 rings (SSSR count). The lowest BCUT2D eigenvalue weighted by atomic mass is 10.2. The maximum Gasteiger partial charge on any atom is 0.244 e. The van der Waals surface area contributed by atoms with Crippen LogP contribution in [0.25, 0.3) is 6.08 Å². The minimum Gasteiger partial charge on any atom is -0.396 e. The molecular formula is C10H15N3O3. The van der Waals surface area contributed by atoms with Crippen molar-refractivity contribution in [1.82, 2.24) is 15.3 Å². The maximum absolute atomic E-state index is 11.3. The van der Waals surface area contributed by atoms with Gasteiger partial charge in [0.1, 0.15) is 0 Å². The number of hydrogen-bond acceptors (Lipinski definition) is 4. The van der Waals surface area contributed by atoms with Gasteiger partial charge in [-0.05, 0) is 6.08 Å². The van der Waals surface area contributed by atoms with E-state index in [9.17, 15) is 4.79 Å². The lowest BCUT2D eigenvalue weighted by molar-refractivity contribution is -0.116. The van der Waals surface area contributed by atoms with Gasteiger partial charge in [-0.2, -0.15) is 0 Å². The van der Waals surface area contributed by atoms with Crippen LogP contribution in [0.2, 0.25) is 0 Å². The molecule has 6 nitrogen and oxygen atoms in total. The van der Waals surface area contributed by atoms with Gasteiger partial charge in [-0.15, -0.1) is 0 Å². The molecule has 0 fully saturated rings. The van der Waals surface area contributed by atoms with Crippen molar-refractivity contribution in [2.45, 2.75) is 0 Å². The van der Waals surface area contributed by atoms with Crippen LogP contribution in [0.1, 0.15) is 5.69 Å². The normalized spacial score (nSPS) is 11.2. The van der Waals surface area contributed by atoms with Crippen LogP contribution in [0.4, 0.5) is 0 Å². The summed E-state index contributed by atoms with van der Waals surface area (Å²) in [6.07, 6.45) is 6.06. The molecule has 0 bridgehead atoms. The molecule has 0 aliphatic heterocycles. The average Bonchev–Trinajstić information content (AvgIpc) is 2.80. The fourth-order valence-corrected chi connectivity index (χ4v) is 1.01. The van der Waals surface area contributed by atoms with E-state index in [4.69, 9.17) is 10.2 Å². The number of amides is 1. The Balaban J connectivity index is 2.31. The van der Waals surface area contributed by atoms with E-state index in [1.165, 1.54) is 12.4 Å². The molecule has 4 N–H and O–H groups in total. The van der Waals surface area contributed by atoms with Crippen molar-refractivity contribution in [3.63, 3.8) is 0 Å². The van der Waals surface area contributed by atoms with Gasteiger partial charge in [0.15, 0.2) is 0 Å². The summed E-state index contributed by atoms with van der Waals surface area (Å²) in [5, 5.41) is 20.1. The van der Waals surface area contributed by atoms with E-state index < -0.39 is 0 Å². The monoisotopic (exact) mass is 225 g/mol. The molecule has 1 aromatic heterocycles. The highest BCUT2D eigenvalue weighted by Gasteiger charge is 2.06. The number of aliphatic hydroxyl groups excluding tert-OH is 2. The molecule has 0 radical (unpaired) electrons. The molecule has 0 spiro atoms. The molecule has 6 heteroatoms. The first-order valence-corrected chi connectivity index (χ1v) is 4.92. The standard InChI is InChI=1S/C10H15N3O3/c14-5-8(6-15)3-12-10(16)2-1-9-4-11-7-13-9/h1-2,4,7-8,14-15H,3,5-6H2,(H,11,13)(H,12,16)/b2-1+. The molecule has 16 heavy (non-hydrogen) atoms. The fraction of sp³-hybridized carbons (Fsp3) is 0.400. The van der Waals surface area contributed by atoms with E-state index >= 15 is 0 Å². The van der Waals surface area contributed by atoms with Gasteiger partial charge in [-0.1, -0.05) is 0 Å². The van der Waals surface area contributed by atoms with Crippen LogP contribution in [0, 0.1) is 5.92 Å². The average molecular weight is 225 g/mol. The summed E-state index contributed by atoms with van der Waals surface area (Å²) in [5.74, 6) is -0.592. The molecule has 0 saturated heterocycles. The van der Waals surface area contributed by atoms with Crippen molar-refractivity contribution < 1.29 is 15.0 Å². The van der Waals surface area contributed by atoms with Crippen molar-refractivity contribution in [3.8, 4) is 0 Å². The second-order valence-electron chi connectivity index (χ2n) is 3.32. The quantitative estimate of drug-likeness (QED) is 0.473. The molecule has 0 unspecified atom stereocenters. The Bertz CT molecular complexity index is 331. The van der Waals surface area contributed by atoms with Crippen LogP contribution in [0.5, 0.6) is 0 Å². The number of nitrogens with zero attached hydrogens (tertiary/aromatic N) is 1. The number of aromatic amines is 1. The van der Waals surface area contributed by atoms with Gasteiger partial charge < -0.3 is 20.5 Å². The lowest BCUT2D eigenvalue weighted by Gasteiger charge is -2.10. The summed E-state index contributed by atoms with van der Waals surface area (Å²) < 4.78 is 0. The third kappa shape index (κ3) is 4.24. The van der Waals surface area contributed by atoms with Gasteiger partial charge in [-0.25, -0.2) is 4.98 Å². The minimum atomic E-state index is -0.315. The van der Waals surface area contributed by atoms with Crippen LogP contribution < -0.4 is 5.32 Å². The summed E-state index contributed by atoms with van der Waals surface area (Å²) in [6, 6.07) is 0. The van der Waals surface area contributed by atoms with Crippen molar-refractivity contribution in [3.05, 3.63) is 24.3 Å². The fourth-order valence-electron chi connectivity index (χ4n) is 1.01. The van der Waals surface area contributed by atoms with Crippen LogP contribution in [-0.4, -0.2) is 45.8 Å². The predicted octanol–water partition coefficient (Wildman–Crippen LogP) is -0.860. The van der Waals surface area contributed by atoms with E-state index in [0.29, 0.717) is 0 Å². The molecule has 0 aliphatic carbocycles. The van der Waals surface area contributed by atoms with Crippen molar-refractivity contribution in [1.29, 1.82) is 0 Å². The molecule has 1 amide bonds. The number of rotatable bonds is 6. The Hall–Kier alpha value is -1.66. The van der Waals surface area contributed by atoms with Crippen LogP contribution >= 0.6 is 0 Å². The number of aromatic nitrogens is 2. The van der Waals surface area contributed by atoms with Gasteiger partial charge in [-0.3, -0.25) is 4.79 Å². The molecule has 0 aromatic carbocycles. The third-order valence-electron chi connectivity index (χ3n) is 2.02. The van der Waals surface area contributed by atoms with E-state index in [1.807, 2.05) is 0 Å². The number of carbonyl (C=O) groups excluding carboxylic acids is 1. The topological polar surface area (TPSA) is 98.2 Å². The van der Waals surface area contributed by atoms with Crippen molar-refractivity contribution in [2.24, 2.45) is 5.92 Å². The smallest absolute Gasteiger partial charge is 0.244 e. The Labute approximate surface area is 93.0 Å². The molecule has 0 saturated carbocycles. The zero-order valence-corrected chi connectivity index (χ0v) is 8.76. The second-order valence-corrected chi connectivity index (χ2v) is 3.32. The summed E-state index contributed by atoms with van der Waals surface area (Å²) in [5.41, 5.74) is 0.732. The first-order chi connectivity index (χ1) is 7.76. The Morgan fingerprint density at radius 1 is 1.56 bits per heavy atom. The van der Waals surface area contributed by atoms with Gasteiger partial charge in [0.05, 0.1) is 18.2 Å². The lowest BCUT2D eigenvalue weighted by Crippen LogP contribution is -2.31. The Kier molecular flexibility index (Phi) is 5.24. The van der Waals surface area contributed by atoms with E-state index in [1.54, 1.807) is 12.3 Å². The Morgan fingerprint density at radius 3 is 2.88 bits per heavy atom. The molecular weight excluding hydrogens is 210 g/mol. The number of imidazole rings is 1. The van der Waals surface area contributed by atoms with Gasteiger partial charge in [0.2, 0.25) is 5.91 Å². The van der Waals surface area contributed by atoms with E-state index in [2.05, 4.69) is 15.3 Å². The summed E-state index contributed by atoms with van der Waals surface area (Å²) in [7, 11) is 0. The third-order valence-corrected chi connectivity index (χ3v) is 2.02. The summed E-state index contributed by atoms with van der Waals surface area (Å²) in [6.45, 7) is -0.0543. The highest BCUT2D eigenvalue weighted by molar-refractivity contribution is 5.91. The largest absolute Gasteiger partial charge is 0.396 e.